The van der Waals surface area contributed by atoms with Gasteiger partial charge in [-0.15, -0.1) is 0 Å². The zero-order valence-electron chi connectivity index (χ0n) is 10.3. The first-order valence-corrected chi connectivity index (χ1v) is 7.73. The third-order valence-corrected chi connectivity index (χ3v) is 4.50. The second-order valence-electron chi connectivity index (χ2n) is 4.34. The highest BCUT2D eigenvalue weighted by Crippen LogP contribution is 2.25. The summed E-state index contributed by atoms with van der Waals surface area (Å²) in [7, 11) is 0. The normalized spacial score (nSPS) is 12.4. The fourth-order valence-electron chi connectivity index (χ4n) is 1.95. The molecule has 106 valence electrons. The molecule has 2 rings (SSSR count). The molecule has 2 aromatic carbocycles. The predicted molar refractivity (Wildman–Crippen MR) is 87.0 cm³/mol. The standard InChI is InChI=1S/C14H12BrF2IN2/c15-11-5-8(1-4-12(11)17)6-14(20-19)10-3-2-9(16)7-13(10)18/h1-5,7,14,20H,6,19H2. The first-order chi connectivity index (χ1) is 9.51. The number of benzene rings is 2. The molecule has 0 aliphatic rings. The van der Waals surface area contributed by atoms with Crippen molar-refractivity contribution < 1.29 is 8.78 Å². The lowest BCUT2D eigenvalue weighted by molar-refractivity contribution is 0.545. The Balaban J connectivity index is 2.26. The van der Waals surface area contributed by atoms with Crippen molar-refractivity contribution in [2.75, 3.05) is 0 Å². The van der Waals surface area contributed by atoms with E-state index in [0.29, 0.717) is 10.9 Å². The molecule has 0 aromatic heterocycles. The molecule has 0 amide bonds. The highest BCUT2D eigenvalue weighted by atomic mass is 127. The topological polar surface area (TPSA) is 38.0 Å². The molecule has 1 atom stereocenters. The average Bonchev–Trinajstić information content (AvgIpc) is 2.41. The van der Waals surface area contributed by atoms with Crippen molar-refractivity contribution in [3.63, 3.8) is 0 Å². The summed E-state index contributed by atoms with van der Waals surface area (Å²) in [4.78, 5) is 0. The van der Waals surface area contributed by atoms with Crippen LogP contribution in [-0.2, 0) is 6.42 Å². The number of halogens is 4. The minimum absolute atomic E-state index is 0.167. The molecule has 0 heterocycles. The van der Waals surface area contributed by atoms with Gasteiger partial charge in [0.15, 0.2) is 0 Å². The summed E-state index contributed by atoms with van der Waals surface area (Å²) in [5.41, 5.74) is 4.57. The molecule has 0 bridgehead atoms. The van der Waals surface area contributed by atoms with Gasteiger partial charge in [-0.3, -0.25) is 11.3 Å². The summed E-state index contributed by atoms with van der Waals surface area (Å²) < 4.78 is 27.6. The lowest BCUT2D eigenvalue weighted by atomic mass is 9.99. The van der Waals surface area contributed by atoms with E-state index in [-0.39, 0.29) is 17.7 Å². The van der Waals surface area contributed by atoms with E-state index in [1.807, 2.05) is 0 Å². The van der Waals surface area contributed by atoms with Crippen molar-refractivity contribution in [3.05, 3.63) is 67.2 Å². The molecule has 0 radical (unpaired) electrons. The Labute approximate surface area is 138 Å². The Hall–Kier alpha value is -0.570. The first-order valence-electron chi connectivity index (χ1n) is 5.86. The third-order valence-electron chi connectivity index (χ3n) is 2.96. The summed E-state index contributed by atoms with van der Waals surface area (Å²) in [6, 6.07) is 9.24. The van der Waals surface area contributed by atoms with Crippen LogP contribution in [0.15, 0.2) is 40.9 Å². The van der Waals surface area contributed by atoms with E-state index in [4.69, 9.17) is 5.84 Å². The smallest absolute Gasteiger partial charge is 0.137 e. The van der Waals surface area contributed by atoms with Crippen LogP contribution in [0.3, 0.4) is 0 Å². The predicted octanol–water partition coefficient (Wildman–Crippen LogP) is 4.08. The van der Waals surface area contributed by atoms with E-state index in [1.165, 1.54) is 18.2 Å². The van der Waals surface area contributed by atoms with Gasteiger partial charge >= 0.3 is 0 Å². The van der Waals surface area contributed by atoms with Crippen LogP contribution < -0.4 is 11.3 Å². The van der Waals surface area contributed by atoms with Crippen LogP contribution in [0.1, 0.15) is 17.2 Å². The molecule has 0 aliphatic carbocycles. The Morgan fingerprint density at radius 1 is 1.20 bits per heavy atom. The van der Waals surface area contributed by atoms with E-state index >= 15 is 0 Å². The zero-order chi connectivity index (χ0) is 14.7. The van der Waals surface area contributed by atoms with Gasteiger partial charge < -0.3 is 0 Å². The number of nitrogens with two attached hydrogens (primary N) is 1. The number of hydrazine groups is 1. The molecule has 1 unspecified atom stereocenters. The minimum atomic E-state index is -0.303. The Bertz CT molecular complexity index is 622. The molecule has 6 heteroatoms. The molecule has 0 aliphatic heterocycles. The third kappa shape index (κ3) is 3.75. The van der Waals surface area contributed by atoms with Gasteiger partial charge in [-0.2, -0.15) is 0 Å². The summed E-state index contributed by atoms with van der Waals surface area (Å²) in [6.07, 6.45) is 0.580. The fourth-order valence-corrected chi connectivity index (χ4v) is 3.22. The second-order valence-corrected chi connectivity index (χ2v) is 6.35. The van der Waals surface area contributed by atoms with Crippen LogP contribution >= 0.6 is 38.5 Å². The maximum Gasteiger partial charge on any atom is 0.137 e. The van der Waals surface area contributed by atoms with Crippen molar-refractivity contribution in [3.8, 4) is 0 Å². The van der Waals surface area contributed by atoms with Crippen molar-refractivity contribution in [2.24, 2.45) is 5.84 Å². The van der Waals surface area contributed by atoms with Gasteiger partial charge in [0.1, 0.15) is 11.6 Å². The molecular formula is C14H12BrF2IN2. The summed E-state index contributed by atoms with van der Waals surface area (Å²) in [5, 5.41) is 0. The van der Waals surface area contributed by atoms with Crippen LogP contribution in [-0.4, -0.2) is 0 Å². The first kappa shape index (κ1) is 15.8. The van der Waals surface area contributed by atoms with Gasteiger partial charge in [-0.05, 0) is 80.3 Å². The van der Waals surface area contributed by atoms with Crippen LogP contribution in [0, 0.1) is 15.2 Å². The molecular weight excluding hydrogens is 441 g/mol. The van der Waals surface area contributed by atoms with E-state index in [1.54, 1.807) is 18.2 Å². The largest absolute Gasteiger partial charge is 0.271 e. The SMILES string of the molecule is NNC(Cc1ccc(F)c(Br)c1)c1ccc(F)cc1I. The Morgan fingerprint density at radius 3 is 2.55 bits per heavy atom. The molecule has 2 nitrogen and oxygen atoms in total. The summed E-state index contributed by atoms with van der Waals surface area (Å²) >= 11 is 5.23. The number of hydrogen-bond donors (Lipinski definition) is 2. The van der Waals surface area contributed by atoms with Crippen molar-refractivity contribution in [1.82, 2.24) is 5.43 Å². The van der Waals surface area contributed by atoms with Gasteiger partial charge in [-0.25, -0.2) is 8.78 Å². The van der Waals surface area contributed by atoms with Gasteiger partial charge in [-0.1, -0.05) is 12.1 Å². The fraction of sp³-hybridized carbons (Fsp3) is 0.143. The molecule has 20 heavy (non-hydrogen) atoms. The van der Waals surface area contributed by atoms with Crippen LogP contribution in [0.2, 0.25) is 0 Å². The van der Waals surface area contributed by atoms with Gasteiger partial charge in [0, 0.05) is 3.57 Å². The molecule has 0 spiro atoms. The molecule has 0 saturated carbocycles. The second kappa shape index (κ2) is 6.93. The number of hydrogen-bond acceptors (Lipinski definition) is 2. The maximum atomic E-state index is 13.2. The lowest BCUT2D eigenvalue weighted by Gasteiger charge is -2.18. The van der Waals surface area contributed by atoms with Crippen molar-refractivity contribution in [2.45, 2.75) is 12.5 Å². The maximum absolute atomic E-state index is 13.2. The van der Waals surface area contributed by atoms with Gasteiger partial charge in [0.25, 0.3) is 0 Å². The number of rotatable bonds is 4. The molecule has 2 aromatic rings. The molecule has 0 fully saturated rings. The van der Waals surface area contributed by atoms with Crippen molar-refractivity contribution >= 4 is 38.5 Å². The van der Waals surface area contributed by atoms with E-state index < -0.39 is 0 Å². The van der Waals surface area contributed by atoms with E-state index in [0.717, 1.165) is 14.7 Å². The molecule has 3 N–H and O–H groups in total. The summed E-state index contributed by atoms with van der Waals surface area (Å²) in [6.45, 7) is 0. The summed E-state index contributed by atoms with van der Waals surface area (Å²) in [5.74, 6) is 5.01. The molecule has 0 saturated heterocycles. The van der Waals surface area contributed by atoms with Crippen LogP contribution in [0.5, 0.6) is 0 Å². The van der Waals surface area contributed by atoms with Crippen LogP contribution in [0.4, 0.5) is 8.78 Å². The van der Waals surface area contributed by atoms with Gasteiger partial charge in [0.05, 0.1) is 10.5 Å². The lowest BCUT2D eigenvalue weighted by Crippen LogP contribution is -2.30. The Kier molecular flexibility index (Phi) is 5.48. The highest BCUT2D eigenvalue weighted by molar-refractivity contribution is 14.1. The average molecular weight is 453 g/mol. The quantitative estimate of drug-likeness (QED) is 0.416. The minimum Gasteiger partial charge on any atom is -0.271 e. The van der Waals surface area contributed by atoms with E-state index in [9.17, 15) is 8.78 Å². The van der Waals surface area contributed by atoms with E-state index in [2.05, 4.69) is 43.9 Å². The number of nitrogens with one attached hydrogen (secondary N) is 1. The van der Waals surface area contributed by atoms with Crippen LogP contribution in [0.25, 0.3) is 0 Å². The highest BCUT2D eigenvalue weighted by Gasteiger charge is 2.15. The Morgan fingerprint density at radius 2 is 1.95 bits per heavy atom. The van der Waals surface area contributed by atoms with Gasteiger partial charge in [0.2, 0.25) is 0 Å². The zero-order valence-corrected chi connectivity index (χ0v) is 14.1. The van der Waals surface area contributed by atoms with Crippen molar-refractivity contribution in [1.29, 1.82) is 0 Å². The monoisotopic (exact) mass is 452 g/mol.